The lowest BCUT2D eigenvalue weighted by Crippen LogP contribution is -2.22. The summed E-state index contributed by atoms with van der Waals surface area (Å²) in [5.74, 6) is 0. The Morgan fingerprint density at radius 1 is 1.67 bits per heavy atom. The molecule has 2 N–H and O–H groups in total. The topological polar surface area (TPSA) is 35.2 Å². The van der Waals surface area contributed by atoms with Gasteiger partial charge in [0.25, 0.3) is 5.66 Å². The van der Waals surface area contributed by atoms with E-state index in [0.717, 1.165) is 0 Å². The minimum absolute atomic E-state index is 0.314. The van der Waals surface area contributed by atoms with Gasteiger partial charge in [0, 0.05) is 6.61 Å². The smallest absolute Gasteiger partial charge is 0.298 e. The summed E-state index contributed by atoms with van der Waals surface area (Å²) in [6.07, 6.45) is 0. The van der Waals surface area contributed by atoms with E-state index >= 15 is 0 Å². The molecule has 0 aliphatic heterocycles. The minimum atomic E-state index is -2.82. The molecule has 1 atom stereocenters. The molecule has 1 unspecified atom stereocenters. The molecule has 0 fully saturated rings. The third kappa shape index (κ3) is 4.70. The van der Waals surface area contributed by atoms with Gasteiger partial charge in [0.15, 0.2) is 0 Å². The second kappa shape index (κ2) is 4.09. The van der Waals surface area contributed by atoms with Gasteiger partial charge in [0.05, 0.1) is 15.4 Å². The first-order valence-corrected chi connectivity index (χ1v) is 3.50. The van der Waals surface area contributed by atoms with Gasteiger partial charge in [-0.1, -0.05) is 0 Å². The number of alkyl halides is 2. The molecule has 0 aliphatic rings. The highest BCUT2D eigenvalue weighted by Crippen LogP contribution is 2.34. The van der Waals surface area contributed by atoms with Crippen molar-refractivity contribution < 1.29 is 13.3 Å². The molecule has 2 nitrogen and oxygen atoms in total. The van der Waals surface area contributed by atoms with Gasteiger partial charge in [0.2, 0.25) is 0 Å². The van der Waals surface area contributed by atoms with E-state index in [1.165, 1.54) is 0 Å². The molecule has 0 bridgehead atoms. The van der Waals surface area contributed by atoms with Gasteiger partial charge in [0.1, 0.15) is 0 Å². The fourth-order valence-electron chi connectivity index (χ4n) is 0.219. The molecular weight excluding hydrogens is 147 g/mol. The number of halogens is 2. The summed E-state index contributed by atoms with van der Waals surface area (Å²) < 4.78 is 28.7. The largest absolute Gasteiger partial charge is 0.356 e. The zero-order valence-corrected chi connectivity index (χ0v) is 6.16. The Hall–Kier alpha value is 0.210. The minimum Gasteiger partial charge on any atom is -0.356 e. The van der Waals surface area contributed by atoms with Crippen molar-refractivity contribution in [3.8, 4) is 0 Å². The molecular formula is C4H10F2NOP. The molecule has 0 aromatic carbocycles. The summed E-state index contributed by atoms with van der Waals surface area (Å²) >= 11 is 0. The first-order valence-electron chi connectivity index (χ1n) is 2.59. The van der Waals surface area contributed by atoms with E-state index in [1.54, 1.807) is 6.92 Å². The molecule has 0 aliphatic carbocycles. The second-order valence-corrected chi connectivity index (χ2v) is 2.67. The Bertz CT molecular complexity index is 81.0. The molecule has 0 rings (SSSR count). The SMILES string of the molecule is CCOPC(F)(F)CN. The molecule has 9 heavy (non-hydrogen) atoms. The maximum Gasteiger partial charge on any atom is 0.298 e. The van der Waals surface area contributed by atoms with Crippen molar-refractivity contribution in [3.05, 3.63) is 0 Å². The zero-order valence-electron chi connectivity index (χ0n) is 5.16. The van der Waals surface area contributed by atoms with Crippen molar-refractivity contribution in [1.29, 1.82) is 0 Å². The van der Waals surface area contributed by atoms with Gasteiger partial charge < -0.3 is 10.3 Å². The van der Waals surface area contributed by atoms with Crippen molar-refractivity contribution in [3.63, 3.8) is 0 Å². The normalized spacial score (nSPS) is 13.3. The molecule has 0 saturated carbocycles. The monoisotopic (exact) mass is 157 g/mol. The Morgan fingerprint density at radius 2 is 2.22 bits per heavy atom. The molecule has 5 heteroatoms. The lowest BCUT2D eigenvalue weighted by atomic mass is 10.7. The van der Waals surface area contributed by atoms with E-state index in [9.17, 15) is 8.78 Å². The number of rotatable bonds is 4. The van der Waals surface area contributed by atoms with E-state index in [-0.39, 0.29) is 0 Å². The number of hydrogen-bond donors (Lipinski definition) is 1. The fourth-order valence-corrected chi connectivity index (χ4v) is 0.658. The quantitative estimate of drug-likeness (QED) is 0.621. The molecule has 0 aromatic heterocycles. The average Bonchev–Trinajstić information content (AvgIpc) is 1.84. The molecule has 0 aromatic rings. The van der Waals surface area contributed by atoms with E-state index in [0.29, 0.717) is 6.61 Å². The van der Waals surface area contributed by atoms with Gasteiger partial charge in [-0.15, -0.1) is 0 Å². The maximum absolute atomic E-state index is 12.1. The molecule has 0 saturated heterocycles. The summed E-state index contributed by atoms with van der Waals surface area (Å²) in [6.45, 7) is 1.35. The molecule has 56 valence electrons. The van der Waals surface area contributed by atoms with Crippen LogP contribution in [0.5, 0.6) is 0 Å². The second-order valence-electron chi connectivity index (χ2n) is 1.44. The lowest BCUT2D eigenvalue weighted by Gasteiger charge is -2.11. The Labute approximate surface area is 54.6 Å². The predicted molar refractivity (Wildman–Crippen MR) is 33.9 cm³/mol. The van der Waals surface area contributed by atoms with Crippen LogP contribution in [0.15, 0.2) is 0 Å². The highest BCUT2D eigenvalue weighted by Gasteiger charge is 2.26. The van der Waals surface area contributed by atoms with Crippen LogP contribution in [0.3, 0.4) is 0 Å². The van der Waals surface area contributed by atoms with E-state index in [4.69, 9.17) is 5.73 Å². The number of hydrogen-bond acceptors (Lipinski definition) is 2. The van der Waals surface area contributed by atoms with Crippen molar-refractivity contribution in [2.75, 3.05) is 13.2 Å². The van der Waals surface area contributed by atoms with Gasteiger partial charge in [-0.05, 0) is 6.92 Å². The highest BCUT2D eigenvalue weighted by atomic mass is 31.1. The Balaban J connectivity index is 3.33. The molecule has 0 radical (unpaired) electrons. The van der Waals surface area contributed by atoms with Crippen molar-refractivity contribution in [1.82, 2.24) is 0 Å². The number of nitrogens with two attached hydrogens (primary N) is 1. The van der Waals surface area contributed by atoms with Crippen molar-refractivity contribution in [2.24, 2.45) is 5.73 Å². The summed E-state index contributed by atoms with van der Waals surface area (Å²) in [5.41, 5.74) is 1.90. The fraction of sp³-hybridized carbons (Fsp3) is 1.00. The molecule has 0 spiro atoms. The Morgan fingerprint density at radius 3 is 2.56 bits per heavy atom. The van der Waals surface area contributed by atoms with Crippen LogP contribution in [-0.4, -0.2) is 18.8 Å². The van der Waals surface area contributed by atoms with Crippen LogP contribution in [0.1, 0.15) is 6.92 Å². The van der Waals surface area contributed by atoms with E-state index in [2.05, 4.69) is 4.52 Å². The van der Waals surface area contributed by atoms with Gasteiger partial charge in [-0.3, -0.25) is 0 Å². The third-order valence-electron chi connectivity index (χ3n) is 0.622. The van der Waals surface area contributed by atoms with Crippen molar-refractivity contribution in [2.45, 2.75) is 12.6 Å². The van der Waals surface area contributed by atoms with Crippen LogP contribution in [0.4, 0.5) is 8.78 Å². The summed E-state index contributed by atoms with van der Waals surface area (Å²) in [5, 5.41) is 0. The third-order valence-corrected chi connectivity index (χ3v) is 1.56. The summed E-state index contributed by atoms with van der Waals surface area (Å²) in [4.78, 5) is 0. The van der Waals surface area contributed by atoms with Crippen LogP contribution >= 0.6 is 8.81 Å². The van der Waals surface area contributed by atoms with E-state index < -0.39 is 21.0 Å². The van der Waals surface area contributed by atoms with Gasteiger partial charge >= 0.3 is 0 Å². The lowest BCUT2D eigenvalue weighted by molar-refractivity contribution is 0.0978. The zero-order chi connectivity index (χ0) is 7.33. The van der Waals surface area contributed by atoms with Gasteiger partial charge in [-0.2, -0.15) is 8.78 Å². The summed E-state index contributed by atoms with van der Waals surface area (Å²) in [6, 6.07) is 0. The average molecular weight is 157 g/mol. The van der Waals surface area contributed by atoms with E-state index in [1.807, 2.05) is 0 Å². The predicted octanol–water partition coefficient (Wildman–Crippen LogP) is 1.17. The Kier molecular flexibility index (Phi) is 4.19. The van der Waals surface area contributed by atoms with Gasteiger partial charge in [-0.25, -0.2) is 0 Å². The van der Waals surface area contributed by atoms with Crippen LogP contribution < -0.4 is 5.73 Å². The standard InChI is InChI=1S/C4H10F2NOP/c1-2-8-9-4(5,6)3-7/h9H,2-3,7H2,1H3. The first kappa shape index (κ1) is 9.21. The highest BCUT2D eigenvalue weighted by molar-refractivity contribution is 7.33. The van der Waals surface area contributed by atoms with Crippen LogP contribution in [0, 0.1) is 0 Å². The van der Waals surface area contributed by atoms with Crippen LogP contribution in [-0.2, 0) is 4.52 Å². The van der Waals surface area contributed by atoms with Crippen molar-refractivity contribution >= 4 is 8.81 Å². The summed E-state index contributed by atoms with van der Waals surface area (Å²) in [7, 11) is -0.799. The molecule has 0 amide bonds. The maximum atomic E-state index is 12.1. The first-order chi connectivity index (χ1) is 4.12. The van der Waals surface area contributed by atoms with Crippen LogP contribution in [0.25, 0.3) is 0 Å². The van der Waals surface area contributed by atoms with Crippen LogP contribution in [0.2, 0.25) is 0 Å². The molecule has 0 heterocycles.